The third-order valence-electron chi connectivity index (χ3n) is 1.24. The Hall–Kier alpha value is 0.225. The van der Waals surface area contributed by atoms with E-state index in [9.17, 15) is 0 Å². The van der Waals surface area contributed by atoms with Crippen molar-refractivity contribution in [3.63, 3.8) is 0 Å². The highest BCUT2D eigenvalue weighted by Crippen LogP contribution is 2.15. The fraction of sp³-hybridized carbons (Fsp3) is 0. The van der Waals surface area contributed by atoms with Crippen molar-refractivity contribution in [2.75, 3.05) is 0 Å². The van der Waals surface area contributed by atoms with E-state index < -0.39 is 7.12 Å². The normalized spacial score (nSPS) is 9.82. The van der Waals surface area contributed by atoms with E-state index in [2.05, 4.69) is 22.6 Å². The van der Waals surface area contributed by atoms with E-state index in [-0.39, 0.29) is 0 Å². The lowest BCUT2D eigenvalue weighted by molar-refractivity contribution is 0.426. The molecule has 0 spiro atoms. The Balaban J connectivity index is 3.05. The van der Waals surface area contributed by atoms with Gasteiger partial charge in [0.2, 0.25) is 0 Å². The van der Waals surface area contributed by atoms with E-state index in [1.165, 1.54) is 6.07 Å². The van der Waals surface area contributed by atoms with Crippen molar-refractivity contribution >= 4 is 46.8 Å². The molecular formula is C6H5BClIO2. The molecule has 11 heavy (non-hydrogen) atoms. The zero-order valence-electron chi connectivity index (χ0n) is 5.46. The van der Waals surface area contributed by atoms with Crippen LogP contribution in [0.1, 0.15) is 0 Å². The largest absolute Gasteiger partial charge is 0.488 e. The fourth-order valence-corrected chi connectivity index (χ4v) is 1.20. The van der Waals surface area contributed by atoms with Gasteiger partial charge in [-0.2, -0.15) is 0 Å². The smallest absolute Gasteiger partial charge is 0.423 e. The highest BCUT2D eigenvalue weighted by molar-refractivity contribution is 14.1. The number of halogens is 2. The van der Waals surface area contributed by atoms with Crippen LogP contribution in [0.5, 0.6) is 0 Å². The maximum atomic E-state index is 8.73. The van der Waals surface area contributed by atoms with E-state index in [1.807, 2.05) is 0 Å². The second-order valence-electron chi connectivity index (χ2n) is 2.05. The first-order chi connectivity index (χ1) is 5.11. The molecule has 0 amide bonds. The molecule has 2 N–H and O–H groups in total. The zero-order valence-corrected chi connectivity index (χ0v) is 8.37. The summed E-state index contributed by atoms with van der Waals surface area (Å²) in [4.78, 5) is 0. The van der Waals surface area contributed by atoms with Gasteiger partial charge in [-0.05, 0) is 40.2 Å². The molecule has 1 aromatic rings. The van der Waals surface area contributed by atoms with Crippen LogP contribution in [-0.2, 0) is 0 Å². The first-order valence-electron chi connectivity index (χ1n) is 2.92. The Morgan fingerprint density at radius 2 is 2.00 bits per heavy atom. The molecule has 0 aliphatic rings. The molecule has 0 fully saturated rings. The SMILES string of the molecule is OB(O)c1ccc(I)c(Cl)c1. The third-order valence-corrected chi connectivity index (χ3v) is 2.81. The quantitative estimate of drug-likeness (QED) is 0.586. The molecule has 1 aromatic carbocycles. The average Bonchev–Trinajstić information content (AvgIpc) is 1.94. The van der Waals surface area contributed by atoms with Crippen LogP contribution in [-0.4, -0.2) is 17.2 Å². The van der Waals surface area contributed by atoms with Crippen molar-refractivity contribution in [2.24, 2.45) is 0 Å². The molecule has 0 aliphatic carbocycles. The first-order valence-corrected chi connectivity index (χ1v) is 4.38. The van der Waals surface area contributed by atoms with Crippen molar-refractivity contribution in [3.05, 3.63) is 26.8 Å². The predicted octanol–water partition coefficient (Wildman–Crippen LogP) is 0.624. The summed E-state index contributed by atoms with van der Waals surface area (Å²) in [6, 6.07) is 4.89. The molecule has 0 heterocycles. The van der Waals surface area contributed by atoms with Gasteiger partial charge < -0.3 is 10.0 Å². The number of hydrogen-bond acceptors (Lipinski definition) is 2. The van der Waals surface area contributed by atoms with Gasteiger partial charge in [0, 0.05) is 3.57 Å². The lowest BCUT2D eigenvalue weighted by atomic mass is 9.81. The molecule has 5 heteroatoms. The minimum atomic E-state index is -1.44. The highest BCUT2D eigenvalue weighted by Gasteiger charge is 2.11. The topological polar surface area (TPSA) is 40.5 Å². The molecule has 0 aliphatic heterocycles. The van der Waals surface area contributed by atoms with Gasteiger partial charge in [-0.1, -0.05) is 17.7 Å². The van der Waals surface area contributed by atoms with Gasteiger partial charge >= 0.3 is 7.12 Å². The third kappa shape index (κ3) is 2.33. The van der Waals surface area contributed by atoms with E-state index in [0.717, 1.165) is 3.57 Å². The Bertz CT molecular complexity index is 267. The van der Waals surface area contributed by atoms with Gasteiger partial charge in [-0.15, -0.1) is 0 Å². The summed E-state index contributed by atoms with van der Waals surface area (Å²) >= 11 is 7.80. The lowest BCUT2D eigenvalue weighted by Gasteiger charge is -2.00. The molecule has 2 nitrogen and oxygen atoms in total. The van der Waals surface area contributed by atoms with Gasteiger partial charge in [0.15, 0.2) is 0 Å². The van der Waals surface area contributed by atoms with Crippen molar-refractivity contribution in [1.29, 1.82) is 0 Å². The minimum absolute atomic E-state index is 0.412. The van der Waals surface area contributed by atoms with Gasteiger partial charge in [0.25, 0.3) is 0 Å². The molecule has 1 rings (SSSR count). The average molecular weight is 282 g/mol. The van der Waals surface area contributed by atoms with Gasteiger partial charge in [0.05, 0.1) is 5.02 Å². The summed E-state index contributed by atoms with van der Waals surface area (Å²) in [5.41, 5.74) is 0.412. The Kier molecular flexibility index (Phi) is 3.18. The maximum absolute atomic E-state index is 8.73. The van der Waals surface area contributed by atoms with Crippen molar-refractivity contribution in [2.45, 2.75) is 0 Å². The van der Waals surface area contributed by atoms with Crippen LogP contribution in [0.2, 0.25) is 5.02 Å². The number of benzene rings is 1. The maximum Gasteiger partial charge on any atom is 0.488 e. The van der Waals surface area contributed by atoms with Gasteiger partial charge in [-0.25, -0.2) is 0 Å². The summed E-state index contributed by atoms with van der Waals surface area (Å²) in [6.45, 7) is 0. The Morgan fingerprint density at radius 3 is 2.45 bits per heavy atom. The first kappa shape index (κ1) is 9.31. The van der Waals surface area contributed by atoms with Crippen molar-refractivity contribution in [3.8, 4) is 0 Å². The van der Waals surface area contributed by atoms with Crippen molar-refractivity contribution < 1.29 is 10.0 Å². The van der Waals surface area contributed by atoms with Crippen LogP contribution in [0.4, 0.5) is 0 Å². The molecule has 0 saturated heterocycles. The van der Waals surface area contributed by atoms with Crippen molar-refractivity contribution in [1.82, 2.24) is 0 Å². The summed E-state index contributed by atoms with van der Waals surface area (Å²) < 4.78 is 0.897. The molecule has 0 radical (unpaired) electrons. The second-order valence-corrected chi connectivity index (χ2v) is 3.62. The summed E-state index contributed by atoms with van der Waals surface area (Å²) in [5, 5.41) is 18.0. The molecule has 0 unspecified atom stereocenters. The van der Waals surface area contributed by atoms with Crippen LogP contribution in [0.25, 0.3) is 0 Å². The minimum Gasteiger partial charge on any atom is -0.423 e. The molecule has 0 bridgehead atoms. The van der Waals surface area contributed by atoms with Crippen LogP contribution < -0.4 is 5.46 Å². The van der Waals surface area contributed by atoms with Crippen LogP contribution in [0.15, 0.2) is 18.2 Å². The number of rotatable bonds is 1. The monoisotopic (exact) mass is 282 g/mol. The van der Waals surface area contributed by atoms with Crippen LogP contribution in [0.3, 0.4) is 0 Å². The van der Waals surface area contributed by atoms with E-state index in [0.29, 0.717) is 10.5 Å². The fourth-order valence-electron chi connectivity index (χ4n) is 0.673. The zero-order chi connectivity index (χ0) is 8.43. The lowest BCUT2D eigenvalue weighted by Crippen LogP contribution is -2.29. The molecular weight excluding hydrogens is 277 g/mol. The van der Waals surface area contributed by atoms with Gasteiger partial charge in [0.1, 0.15) is 0 Å². The Labute approximate surface area is 83.5 Å². The Morgan fingerprint density at radius 1 is 1.36 bits per heavy atom. The molecule has 58 valence electrons. The summed E-state index contributed by atoms with van der Waals surface area (Å²) in [7, 11) is -1.44. The molecule has 0 saturated carbocycles. The van der Waals surface area contributed by atoms with E-state index >= 15 is 0 Å². The highest BCUT2D eigenvalue weighted by atomic mass is 127. The van der Waals surface area contributed by atoms with Crippen LogP contribution >= 0.6 is 34.2 Å². The van der Waals surface area contributed by atoms with E-state index in [1.54, 1.807) is 12.1 Å². The predicted molar refractivity (Wildman–Crippen MR) is 54.0 cm³/mol. The molecule has 0 aromatic heterocycles. The van der Waals surface area contributed by atoms with E-state index in [4.69, 9.17) is 21.6 Å². The summed E-state index contributed by atoms with van der Waals surface area (Å²) in [6.07, 6.45) is 0. The van der Waals surface area contributed by atoms with Crippen LogP contribution in [0, 0.1) is 3.57 Å². The summed E-state index contributed by atoms with van der Waals surface area (Å²) in [5.74, 6) is 0. The van der Waals surface area contributed by atoms with Gasteiger partial charge in [-0.3, -0.25) is 0 Å². The molecule has 0 atom stereocenters. The standard InChI is InChI=1S/C6H5BClIO2/c8-5-3-4(7(10)11)1-2-6(5)9/h1-3,10-11H. The number of hydrogen-bond donors (Lipinski definition) is 2. The second kappa shape index (κ2) is 3.75.